The van der Waals surface area contributed by atoms with Crippen molar-refractivity contribution in [2.45, 2.75) is 143 Å². The van der Waals surface area contributed by atoms with Gasteiger partial charge >= 0.3 is 0 Å². The molecule has 0 aliphatic heterocycles. The zero-order valence-corrected chi connectivity index (χ0v) is 34.9. The molecule has 5 rings (SSSR count). The fraction of sp³-hybridized carbons (Fsp3) is 0.500. The van der Waals surface area contributed by atoms with Gasteiger partial charge in [-0.1, -0.05) is 145 Å². The SMILES string of the molecule is COc1c2cc(C(C)(C)C)cc1C(C)c1cc(C(C)(C)C)cc(c1O)Cc1cc(C(C)(C)C)cc(c1OC)C(C)c1cc(C(C)(C)C)cc(c1O)C2. The van der Waals surface area contributed by atoms with Crippen LogP contribution < -0.4 is 9.47 Å². The molecule has 4 aromatic rings. The van der Waals surface area contributed by atoms with Crippen molar-refractivity contribution in [2.75, 3.05) is 14.2 Å². The number of benzene rings is 4. The first-order valence-corrected chi connectivity index (χ1v) is 19.0. The van der Waals surface area contributed by atoms with Gasteiger partial charge in [-0.3, -0.25) is 0 Å². The highest BCUT2D eigenvalue weighted by Gasteiger charge is 2.31. The molecule has 0 fully saturated rings. The summed E-state index contributed by atoms with van der Waals surface area (Å²) in [5, 5.41) is 24.7. The third kappa shape index (κ3) is 7.45. The minimum Gasteiger partial charge on any atom is -0.507 e. The van der Waals surface area contributed by atoms with Gasteiger partial charge in [0, 0.05) is 46.9 Å². The summed E-state index contributed by atoms with van der Waals surface area (Å²) in [4.78, 5) is 0. The number of phenolic OH excluding ortho intramolecular Hbond substituents is 2. The number of rotatable bonds is 2. The van der Waals surface area contributed by atoms with E-state index in [1.54, 1.807) is 14.2 Å². The standard InChI is InChI=1S/C48H64O4/c1-27-37-23-33(45(3,4)5)19-29(41(37)49)17-32-22-36(48(12,13)14)26-40(44(32)52-16)28(2)38-24-34(46(6,7)8)20-30(42(38)50)18-31-21-35(47(9,10)11)25-39(27)43(31)51-15/h19-28,49-50H,17-18H2,1-16H3. The molecule has 0 heterocycles. The highest BCUT2D eigenvalue weighted by atomic mass is 16.5. The Hall–Kier alpha value is -3.92. The molecule has 0 saturated carbocycles. The van der Waals surface area contributed by atoms with E-state index in [-0.39, 0.29) is 33.5 Å². The lowest BCUT2D eigenvalue weighted by molar-refractivity contribution is 0.399. The van der Waals surface area contributed by atoms with Crippen LogP contribution in [-0.4, -0.2) is 24.4 Å². The second-order valence-electron chi connectivity index (χ2n) is 19.5. The molecule has 4 aromatic carbocycles. The monoisotopic (exact) mass is 704 g/mol. The number of aromatic hydroxyl groups is 2. The van der Waals surface area contributed by atoms with Gasteiger partial charge in [-0.05, 0) is 66.2 Å². The topological polar surface area (TPSA) is 58.9 Å². The summed E-state index contributed by atoms with van der Waals surface area (Å²) >= 11 is 0. The van der Waals surface area contributed by atoms with Gasteiger partial charge in [0.25, 0.3) is 0 Å². The van der Waals surface area contributed by atoms with Crippen molar-refractivity contribution in [3.05, 3.63) is 115 Å². The maximum Gasteiger partial charge on any atom is 0.126 e. The van der Waals surface area contributed by atoms with E-state index in [1.165, 1.54) is 22.3 Å². The molecule has 1 aliphatic rings. The van der Waals surface area contributed by atoms with Gasteiger partial charge < -0.3 is 19.7 Å². The summed E-state index contributed by atoms with van der Waals surface area (Å²) in [7, 11) is 3.48. The highest BCUT2D eigenvalue weighted by molar-refractivity contribution is 5.61. The number of fused-ring (bicyclic) bond motifs is 8. The van der Waals surface area contributed by atoms with E-state index >= 15 is 0 Å². The number of hydrogen-bond acceptors (Lipinski definition) is 4. The van der Waals surface area contributed by atoms with Crippen molar-refractivity contribution < 1.29 is 19.7 Å². The molecule has 0 amide bonds. The van der Waals surface area contributed by atoms with Gasteiger partial charge in [0.05, 0.1) is 14.2 Å². The van der Waals surface area contributed by atoms with Crippen molar-refractivity contribution in [1.82, 2.24) is 0 Å². The van der Waals surface area contributed by atoms with E-state index in [9.17, 15) is 10.2 Å². The molecule has 280 valence electrons. The van der Waals surface area contributed by atoms with Gasteiger partial charge in [0.1, 0.15) is 23.0 Å². The average Bonchev–Trinajstić information content (AvgIpc) is 3.02. The van der Waals surface area contributed by atoms with Crippen LogP contribution in [0.15, 0.2) is 48.5 Å². The van der Waals surface area contributed by atoms with Crippen molar-refractivity contribution in [1.29, 1.82) is 0 Å². The number of methoxy groups -OCH3 is 2. The third-order valence-electron chi connectivity index (χ3n) is 11.3. The van der Waals surface area contributed by atoms with E-state index in [4.69, 9.17) is 9.47 Å². The zero-order chi connectivity index (χ0) is 38.9. The van der Waals surface area contributed by atoms with Crippen molar-refractivity contribution in [3.8, 4) is 23.0 Å². The van der Waals surface area contributed by atoms with Gasteiger partial charge in [-0.2, -0.15) is 0 Å². The normalized spacial score (nSPS) is 16.8. The Balaban J connectivity index is 2.00. The Morgan fingerprint density at radius 1 is 0.423 bits per heavy atom. The molecule has 0 saturated heterocycles. The van der Waals surface area contributed by atoms with E-state index in [0.717, 1.165) is 56.0 Å². The van der Waals surface area contributed by atoms with Crippen molar-refractivity contribution in [3.63, 3.8) is 0 Å². The summed E-state index contributed by atoms with van der Waals surface area (Å²) in [6.07, 6.45) is 0.984. The summed E-state index contributed by atoms with van der Waals surface area (Å²) in [6, 6.07) is 17.8. The first-order valence-electron chi connectivity index (χ1n) is 19.0. The predicted octanol–water partition coefficient (Wildman–Crippen LogP) is 12.1. The molecule has 0 spiro atoms. The largest absolute Gasteiger partial charge is 0.507 e. The van der Waals surface area contributed by atoms with Gasteiger partial charge in [-0.15, -0.1) is 0 Å². The third-order valence-corrected chi connectivity index (χ3v) is 11.3. The molecular formula is C48H64O4. The Morgan fingerprint density at radius 3 is 0.923 bits per heavy atom. The molecule has 4 heteroatoms. The summed E-state index contributed by atoms with van der Waals surface area (Å²) < 4.78 is 12.7. The first kappa shape index (κ1) is 39.3. The highest BCUT2D eigenvalue weighted by Crippen LogP contribution is 2.48. The van der Waals surface area contributed by atoms with E-state index < -0.39 is 0 Å². The maximum absolute atomic E-state index is 12.4. The lowest BCUT2D eigenvalue weighted by atomic mass is 9.76. The first-order chi connectivity index (χ1) is 23.9. The van der Waals surface area contributed by atoms with Crippen molar-refractivity contribution in [2.24, 2.45) is 0 Å². The fourth-order valence-electron chi connectivity index (χ4n) is 7.68. The van der Waals surface area contributed by atoms with Crippen molar-refractivity contribution >= 4 is 0 Å². The molecule has 52 heavy (non-hydrogen) atoms. The Morgan fingerprint density at radius 2 is 0.673 bits per heavy atom. The van der Waals surface area contributed by atoms with E-state index in [2.05, 4.69) is 145 Å². The smallest absolute Gasteiger partial charge is 0.126 e. The van der Waals surface area contributed by atoms with Gasteiger partial charge in [-0.25, -0.2) is 0 Å². The number of hydrogen-bond donors (Lipinski definition) is 2. The molecule has 0 radical (unpaired) electrons. The van der Waals surface area contributed by atoms with Crippen LogP contribution in [0.2, 0.25) is 0 Å². The maximum atomic E-state index is 12.4. The number of phenols is 2. The minimum atomic E-state index is -0.187. The van der Waals surface area contributed by atoms with Gasteiger partial charge in [0.2, 0.25) is 0 Å². The minimum absolute atomic E-state index is 0.143. The van der Waals surface area contributed by atoms with Gasteiger partial charge in [0.15, 0.2) is 0 Å². The molecule has 1 aliphatic carbocycles. The van der Waals surface area contributed by atoms with Crippen LogP contribution in [0.1, 0.15) is 176 Å². The second-order valence-corrected chi connectivity index (χ2v) is 19.5. The quantitative estimate of drug-likeness (QED) is 0.218. The lowest BCUT2D eigenvalue weighted by Gasteiger charge is -2.30. The predicted molar refractivity (Wildman–Crippen MR) is 218 cm³/mol. The summed E-state index contributed by atoms with van der Waals surface area (Å²) in [5.41, 5.74) is 11.7. The lowest BCUT2D eigenvalue weighted by Crippen LogP contribution is -2.17. The van der Waals surface area contributed by atoms with E-state index in [1.807, 2.05) is 0 Å². The molecule has 2 N–H and O–H groups in total. The van der Waals surface area contributed by atoms with Crippen LogP contribution in [0.25, 0.3) is 0 Å². The Labute approximate surface area is 314 Å². The Bertz CT molecular complexity index is 1840. The summed E-state index contributed by atoms with van der Waals surface area (Å²) in [6.45, 7) is 31.2. The zero-order valence-electron chi connectivity index (χ0n) is 34.9. The molecule has 2 atom stereocenters. The van der Waals surface area contributed by atoms with Crippen LogP contribution in [0.3, 0.4) is 0 Å². The molecule has 0 aromatic heterocycles. The summed E-state index contributed by atoms with van der Waals surface area (Å²) in [5.74, 6) is 1.85. The van der Waals surface area contributed by atoms with Crippen LogP contribution in [0.5, 0.6) is 23.0 Å². The average molecular weight is 705 g/mol. The molecular weight excluding hydrogens is 641 g/mol. The fourth-order valence-corrected chi connectivity index (χ4v) is 7.68. The Kier molecular flexibility index (Phi) is 10.2. The number of ether oxygens (including phenoxy) is 2. The molecule has 4 nitrogen and oxygen atoms in total. The van der Waals surface area contributed by atoms with Crippen LogP contribution >= 0.6 is 0 Å². The van der Waals surface area contributed by atoms with Crippen LogP contribution in [-0.2, 0) is 34.5 Å². The molecule has 8 bridgehead atoms. The van der Waals surface area contributed by atoms with E-state index in [0.29, 0.717) is 24.3 Å². The van der Waals surface area contributed by atoms with Crippen LogP contribution in [0.4, 0.5) is 0 Å². The second kappa shape index (κ2) is 13.5. The molecule has 2 unspecified atom stereocenters. The van der Waals surface area contributed by atoms with Crippen LogP contribution in [0, 0.1) is 0 Å².